The molecule has 1 amide bonds. The van der Waals surface area contributed by atoms with Gasteiger partial charge in [-0.15, -0.1) is 12.4 Å². The number of aliphatic imine (C=N–C) groups is 1. The molecule has 6 heteroatoms. The third kappa shape index (κ3) is 6.15. The zero-order chi connectivity index (χ0) is 18.5. The summed E-state index contributed by atoms with van der Waals surface area (Å²) in [4.78, 5) is 19.8. The first-order valence-electron chi connectivity index (χ1n) is 9.87. The zero-order valence-corrected chi connectivity index (χ0v) is 18.2. The van der Waals surface area contributed by atoms with Crippen molar-refractivity contribution in [3.8, 4) is 0 Å². The summed E-state index contributed by atoms with van der Waals surface area (Å²) in [6.07, 6.45) is 8.23. The lowest BCUT2D eigenvalue weighted by atomic mass is 10.1. The van der Waals surface area contributed by atoms with Crippen molar-refractivity contribution in [3.05, 3.63) is 29.8 Å². The Labute approximate surface area is 174 Å². The van der Waals surface area contributed by atoms with E-state index in [4.69, 9.17) is 4.99 Å². The number of nitrogens with one attached hydrogen (secondary N) is 1. The minimum Gasteiger partial charge on any atom is -0.350 e. The Bertz CT molecular complexity index is 641. The molecule has 27 heavy (non-hydrogen) atoms. The van der Waals surface area contributed by atoms with Gasteiger partial charge in [0.25, 0.3) is 0 Å². The van der Waals surface area contributed by atoms with Crippen LogP contribution in [0.15, 0.2) is 29.3 Å². The van der Waals surface area contributed by atoms with Crippen LogP contribution in [-0.2, 0) is 4.79 Å². The van der Waals surface area contributed by atoms with Crippen LogP contribution < -0.4 is 5.32 Å². The number of amidine groups is 1. The molecule has 1 saturated heterocycles. The second-order valence-electron chi connectivity index (χ2n) is 7.68. The second kappa shape index (κ2) is 10.4. The Hall–Kier alpha value is -1.20. The van der Waals surface area contributed by atoms with Gasteiger partial charge in [0.15, 0.2) is 5.17 Å². The molecule has 4 nitrogen and oxygen atoms in total. The third-order valence-electron chi connectivity index (χ3n) is 5.48. The van der Waals surface area contributed by atoms with Crippen molar-refractivity contribution in [3.63, 3.8) is 0 Å². The van der Waals surface area contributed by atoms with E-state index in [2.05, 4.69) is 24.2 Å². The number of carbonyl (C=O) groups excluding carboxylic acids is 1. The van der Waals surface area contributed by atoms with Crippen molar-refractivity contribution < 1.29 is 4.79 Å². The molecule has 2 atom stereocenters. The highest BCUT2D eigenvalue weighted by Gasteiger charge is 2.35. The molecular formula is C21H32ClN3OS. The number of aryl methyl sites for hydroxylation is 1. The van der Waals surface area contributed by atoms with Crippen molar-refractivity contribution >= 4 is 40.9 Å². The summed E-state index contributed by atoms with van der Waals surface area (Å²) in [7, 11) is 2.09. The van der Waals surface area contributed by atoms with Gasteiger partial charge in [0, 0.05) is 24.4 Å². The highest BCUT2D eigenvalue weighted by atomic mass is 35.5. The molecule has 1 heterocycles. The van der Waals surface area contributed by atoms with Gasteiger partial charge in [-0.1, -0.05) is 62.1 Å². The molecule has 0 aromatic heterocycles. The topological polar surface area (TPSA) is 44.7 Å². The number of thioether (sulfide) groups is 1. The number of anilines is 1. The number of hydrogen-bond donors (Lipinski definition) is 1. The quantitative estimate of drug-likeness (QED) is 0.689. The highest BCUT2D eigenvalue weighted by Crippen LogP contribution is 2.33. The Morgan fingerprint density at radius 2 is 1.81 bits per heavy atom. The Morgan fingerprint density at radius 3 is 2.44 bits per heavy atom. The summed E-state index contributed by atoms with van der Waals surface area (Å²) in [5.41, 5.74) is 2.07. The van der Waals surface area contributed by atoms with Crippen molar-refractivity contribution in [2.24, 2.45) is 4.99 Å². The average Bonchev–Trinajstić information content (AvgIpc) is 2.81. The maximum absolute atomic E-state index is 12.5. The number of benzene rings is 1. The number of hydrogen-bond acceptors (Lipinski definition) is 3. The van der Waals surface area contributed by atoms with Crippen LogP contribution in [0.3, 0.4) is 0 Å². The molecule has 1 aromatic rings. The van der Waals surface area contributed by atoms with Crippen LogP contribution in [0.1, 0.15) is 57.4 Å². The number of rotatable bonds is 4. The van der Waals surface area contributed by atoms with E-state index in [9.17, 15) is 4.79 Å². The molecule has 0 spiro atoms. The van der Waals surface area contributed by atoms with E-state index in [1.807, 2.05) is 43.0 Å². The molecule has 1 aliphatic heterocycles. The van der Waals surface area contributed by atoms with Crippen molar-refractivity contribution in [1.29, 1.82) is 0 Å². The Balaban J connectivity index is 0.00000261. The summed E-state index contributed by atoms with van der Waals surface area (Å²) >= 11 is 1.83. The summed E-state index contributed by atoms with van der Waals surface area (Å²) in [5, 5.41) is 4.53. The van der Waals surface area contributed by atoms with Crippen LogP contribution in [0.2, 0.25) is 0 Å². The van der Waals surface area contributed by atoms with Gasteiger partial charge in [-0.2, -0.15) is 0 Å². The molecule has 0 radical (unpaired) electrons. The SMILES string of the molecule is Cc1ccc(NC(=O)CC2C(C)S/C(=N\C3CCCCCC3)N2C)cc1.Cl. The van der Waals surface area contributed by atoms with Crippen molar-refractivity contribution in [1.82, 2.24) is 4.90 Å². The van der Waals surface area contributed by atoms with E-state index in [-0.39, 0.29) is 24.4 Å². The van der Waals surface area contributed by atoms with Crippen LogP contribution >= 0.6 is 24.2 Å². The van der Waals surface area contributed by atoms with E-state index in [1.165, 1.54) is 44.1 Å². The molecule has 2 aliphatic rings. The highest BCUT2D eigenvalue weighted by molar-refractivity contribution is 8.14. The van der Waals surface area contributed by atoms with E-state index in [1.54, 1.807) is 0 Å². The van der Waals surface area contributed by atoms with Gasteiger partial charge in [-0.05, 0) is 31.9 Å². The van der Waals surface area contributed by atoms with Crippen LogP contribution in [0.4, 0.5) is 5.69 Å². The fourth-order valence-corrected chi connectivity index (χ4v) is 5.07. The van der Waals surface area contributed by atoms with Gasteiger partial charge < -0.3 is 10.2 Å². The first-order valence-corrected chi connectivity index (χ1v) is 10.7. The lowest BCUT2D eigenvalue weighted by molar-refractivity contribution is -0.117. The lowest BCUT2D eigenvalue weighted by Gasteiger charge is -2.23. The van der Waals surface area contributed by atoms with E-state index >= 15 is 0 Å². The van der Waals surface area contributed by atoms with Crippen molar-refractivity contribution in [2.45, 2.75) is 76.1 Å². The van der Waals surface area contributed by atoms with E-state index in [0.717, 1.165) is 10.9 Å². The minimum atomic E-state index is 0. The lowest BCUT2D eigenvalue weighted by Crippen LogP contribution is -2.36. The summed E-state index contributed by atoms with van der Waals surface area (Å²) in [6.45, 7) is 4.26. The molecule has 150 valence electrons. The molecule has 1 aliphatic carbocycles. The first kappa shape index (κ1) is 22.1. The summed E-state index contributed by atoms with van der Waals surface area (Å²) < 4.78 is 0. The molecule has 2 unspecified atom stereocenters. The van der Waals surface area contributed by atoms with E-state index < -0.39 is 0 Å². The van der Waals surface area contributed by atoms with Crippen LogP contribution in [0, 0.1) is 6.92 Å². The summed E-state index contributed by atoms with van der Waals surface area (Å²) in [6, 6.07) is 8.64. The maximum atomic E-state index is 12.5. The average molecular weight is 410 g/mol. The first-order chi connectivity index (χ1) is 12.5. The van der Waals surface area contributed by atoms with Crippen molar-refractivity contribution in [2.75, 3.05) is 12.4 Å². The predicted octanol–water partition coefficient (Wildman–Crippen LogP) is 5.26. The molecular weight excluding hydrogens is 378 g/mol. The molecule has 0 bridgehead atoms. The second-order valence-corrected chi connectivity index (χ2v) is 9.02. The number of amides is 1. The van der Waals surface area contributed by atoms with Gasteiger partial charge >= 0.3 is 0 Å². The smallest absolute Gasteiger partial charge is 0.226 e. The van der Waals surface area contributed by atoms with E-state index in [0.29, 0.717) is 17.7 Å². The van der Waals surface area contributed by atoms with Gasteiger partial charge in [0.05, 0.1) is 12.1 Å². The third-order valence-corrected chi connectivity index (χ3v) is 6.77. The van der Waals surface area contributed by atoms with Crippen LogP contribution in [-0.4, -0.2) is 40.4 Å². The van der Waals surface area contributed by atoms with Gasteiger partial charge in [0.1, 0.15) is 0 Å². The Morgan fingerprint density at radius 1 is 1.19 bits per heavy atom. The van der Waals surface area contributed by atoms with Crippen LogP contribution in [0.5, 0.6) is 0 Å². The summed E-state index contributed by atoms with van der Waals surface area (Å²) in [5.74, 6) is 0.0777. The molecule has 3 rings (SSSR count). The number of halogens is 1. The largest absolute Gasteiger partial charge is 0.350 e. The van der Waals surface area contributed by atoms with Gasteiger partial charge in [-0.25, -0.2) is 0 Å². The molecule has 1 aromatic carbocycles. The molecule has 1 N–H and O–H groups in total. The minimum absolute atomic E-state index is 0. The van der Waals surface area contributed by atoms with Gasteiger partial charge in [-0.3, -0.25) is 9.79 Å². The zero-order valence-electron chi connectivity index (χ0n) is 16.6. The standard InChI is InChI=1S/C21H31N3OS.ClH/c1-15-10-12-18(13-11-15)22-20(25)14-19-16(2)26-21(24(19)3)23-17-8-6-4-5-7-9-17;/h10-13,16-17,19H,4-9,14H2,1-3H3,(H,22,25);1H/b23-21-;. The van der Waals surface area contributed by atoms with Crippen LogP contribution in [0.25, 0.3) is 0 Å². The normalized spacial score (nSPS) is 25.1. The molecule has 2 fully saturated rings. The predicted molar refractivity (Wildman–Crippen MR) is 119 cm³/mol. The fourth-order valence-electron chi connectivity index (χ4n) is 3.79. The number of nitrogens with zero attached hydrogens (tertiary/aromatic N) is 2. The maximum Gasteiger partial charge on any atom is 0.226 e. The molecule has 1 saturated carbocycles. The Kier molecular flexibility index (Phi) is 8.49. The fraction of sp³-hybridized carbons (Fsp3) is 0.619. The van der Waals surface area contributed by atoms with Gasteiger partial charge in [0.2, 0.25) is 5.91 Å². The monoisotopic (exact) mass is 409 g/mol. The number of carbonyl (C=O) groups is 1.